The number of nitrogens with zero attached hydrogens (tertiary/aromatic N) is 4. The summed E-state index contributed by atoms with van der Waals surface area (Å²) in [4.78, 5) is 7.92. The van der Waals surface area contributed by atoms with Gasteiger partial charge in [0, 0.05) is 12.6 Å². The monoisotopic (exact) mass is 192 g/mol. The summed E-state index contributed by atoms with van der Waals surface area (Å²) < 4.78 is 4.90. The smallest absolute Gasteiger partial charge is 0.250 e. The highest BCUT2D eigenvalue weighted by Crippen LogP contribution is 2.09. The van der Waals surface area contributed by atoms with E-state index in [9.17, 15) is 0 Å². The molecule has 2 rings (SSSR count). The van der Waals surface area contributed by atoms with E-state index in [4.69, 9.17) is 10.3 Å². The van der Waals surface area contributed by atoms with Gasteiger partial charge in [0.05, 0.1) is 0 Å². The van der Waals surface area contributed by atoms with Crippen molar-refractivity contribution in [1.82, 2.24) is 25.3 Å². The predicted octanol–water partition coefficient (Wildman–Crippen LogP) is -0.173. The molecule has 0 saturated carbocycles. The molecule has 0 bridgehead atoms. The second-order valence-corrected chi connectivity index (χ2v) is 2.43. The summed E-state index contributed by atoms with van der Waals surface area (Å²) in [6, 6.07) is 0. The Hall–Kier alpha value is -2.02. The third-order valence-electron chi connectivity index (χ3n) is 1.47. The lowest BCUT2D eigenvalue weighted by atomic mass is 10.5. The Kier molecular flexibility index (Phi) is 2.32. The number of aromatic nitrogens is 5. The van der Waals surface area contributed by atoms with Crippen molar-refractivity contribution >= 4 is 6.08 Å². The van der Waals surface area contributed by atoms with Gasteiger partial charge in [0.25, 0.3) is 5.89 Å². The maximum absolute atomic E-state index is 5.27. The van der Waals surface area contributed by atoms with E-state index < -0.39 is 0 Å². The highest BCUT2D eigenvalue weighted by atomic mass is 16.5. The summed E-state index contributed by atoms with van der Waals surface area (Å²) in [7, 11) is 0. The van der Waals surface area contributed by atoms with Crippen LogP contribution in [0, 0.1) is 0 Å². The van der Waals surface area contributed by atoms with Crippen LogP contribution < -0.4 is 5.73 Å². The predicted molar refractivity (Wildman–Crippen MR) is 47.8 cm³/mol. The lowest BCUT2D eigenvalue weighted by Gasteiger charge is -1.80. The van der Waals surface area contributed by atoms with Gasteiger partial charge in [-0.2, -0.15) is 10.1 Å². The fourth-order valence-electron chi connectivity index (χ4n) is 0.881. The molecule has 7 nitrogen and oxygen atoms in total. The van der Waals surface area contributed by atoms with E-state index in [2.05, 4.69) is 25.3 Å². The van der Waals surface area contributed by atoms with Crippen molar-refractivity contribution in [3.8, 4) is 11.6 Å². The van der Waals surface area contributed by atoms with Gasteiger partial charge in [-0.3, -0.25) is 5.10 Å². The molecule has 0 aromatic carbocycles. The molecule has 0 aliphatic heterocycles. The van der Waals surface area contributed by atoms with E-state index in [-0.39, 0.29) is 0 Å². The van der Waals surface area contributed by atoms with E-state index in [0.717, 1.165) is 0 Å². The van der Waals surface area contributed by atoms with Gasteiger partial charge in [-0.25, -0.2) is 4.98 Å². The standard InChI is InChI=1S/C7H8N6O/c8-3-1-2-5-11-7(13-14-5)6-9-4-10-12-6/h1-2,4H,3,8H2,(H,9,10,12)/b2-1+. The summed E-state index contributed by atoms with van der Waals surface area (Å²) in [6.45, 7) is 0.431. The van der Waals surface area contributed by atoms with Gasteiger partial charge in [-0.1, -0.05) is 11.2 Å². The molecule has 0 aliphatic rings. The quantitative estimate of drug-likeness (QED) is 0.699. The van der Waals surface area contributed by atoms with E-state index in [1.54, 1.807) is 12.2 Å². The van der Waals surface area contributed by atoms with Gasteiger partial charge >= 0.3 is 0 Å². The Morgan fingerprint density at radius 3 is 3.21 bits per heavy atom. The second kappa shape index (κ2) is 3.79. The fourth-order valence-corrected chi connectivity index (χ4v) is 0.881. The van der Waals surface area contributed by atoms with Crippen LogP contribution in [0.5, 0.6) is 0 Å². The van der Waals surface area contributed by atoms with Crippen LogP contribution >= 0.6 is 0 Å². The van der Waals surface area contributed by atoms with Gasteiger partial charge in [-0.05, 0) is 0 Å². The summed E-state index contributed by atoms with van der Waals surface area (Å²) >= 11 is 0. The van der Waals surface area contributed by atoms with Crippen molar-refractivity contribution in [2.24, 2.45) is 5.73 Å². The molecule has 0 unspecified atom stereocenters. The number of hydrogen-bond acceptors (Lipinski definition) is 6. The van der Waals surface area contributed by atoms with Crippen molar-refractivity contribution < 1.29 is 4.52 Å². The molecule has 0 aliphatic carbocycles. The van der Waals surface area contributed by atoms with Crippen LogP contribution in [-0.4, -0.2) is 31.9 Å². The number of aromatic amines is 1. The van der Waals surface area contributed by atoms with Crippen LogP contribution in [0.3, 0.4) is 0 Å². The average Bonchev–Trinajstić information content (AvgIpc) is 2.85. The zero-order valence-electron chi connectivity index (χ0n) is 7.21. The molecule has 0 saturated heterocycles. The van der Waals surface area contributed by atoms with E-state index >= 15 is 0 Å². The fraction of sp³-hybridized carbons (Fsp3) is 0.143. The van der Waals surface area contributed by atoms with Crippen LogP contribution in [0.15, 0.2) is 16.9 Å². The highest BCUT2D eigenvalue weighted by molar-refractivity contribution is 5.45. The Morgan fingerprint density at radius 2 is 2.50 bits per heavy atom. The van der Waals surface area contributed by atoms with Crippen molar-refractivity contribution in [3.05, 3.63) is 18.3 Å². The first-order chi connectivity index (χ1) is 6.90. The van der Waals surface area contributed by atoms with Gasteiger partial charge in [0.15, 0.2) is 5.82 Å². The topological polar surface area (TPSA) is 107 Å². The summed E-state index contributed by atoms with van der Waals surface area (Å²) in [5, 5.41) is 10.0. The molecule has 7 heteroatoms. The summed E-state index contributed by atoms with van der Waals surface area (Å²) in [5.74, 6) is 1.24. The van der Waals surface area contributed by atoms with E-state index in [1.807, 2.05) is 0 Å². The molecular formula is C7H8N6O. The Bertz CT molecular complexity index is 417. The largest absolute Gasteiger partial charge is 0.334 e. The molecule has 2 aromatic rings. The molecule has 72 valence electrons. The molecule has 0 fully saturated rings. The minimum absolute atomic E-state index is 0.374. The number of H-pyrrole nitrogens is 1. The molecule has 0 spiro atoms. The molecular weight excluding hydrogens is 184 g/mol. The van der Waals surface area contributed by atoms with Crippen LogP contribution in [0.4, 0.5) is 0 Å². The summed E-state index contributed by atoms with van der Waals surface area (Å²) in [6.07, 6.45) is 4.74. The summed E-state index contributed by atoms with van der Waals surface area (Å²) in [5.41, 5.74) is 5.27. The third-order valence-corrected chi connectivity index (χ3v) is 1.47. The highest BCUT2D eigenvalue weighted by Gasteiger charge is 2.08. The van der Waals surface area contributed by atoms with Crippen LogP contribution in [0.2, 0.25) is 0 Å². The lowest BCUT2D eigenvalue weighted by Crippen LogP contribution is -1.91. The second-order valence-electron chi connectivity index (χ2n) is 2.43. The normalized spacial score (nSPS) is 11.2. The Balaban J connectivity index is 2.22. The first-order valence-corrected chi connectivity index (χ1v) is 3.96. The van der Waals surface area contributed by atoms with Crippen LogP contribution in [0.25, 0.3) is 17.7 Å². The minimum Gasteiger partial charge on any atom is -0.334 e. The number of hydrogen-bond donors (Lipinski definition) is 2. The van der Waals surface area contributed by atoms with E-state index in [0.29, 0.717) is 24.1 Å². The zero-order chi connectivity index (χ0) is 9.80. The Morgan fingerprint density at radius 1 is 1.57 bits per heavy atom. The molecule has 0 atom stereocenters. The number of nitrogens with two attached hydrogens (primary N) is 1. The van der Waals surface area contributed by atoms with Gasteiger partial charge in [0.2, 0.25) is 5.82 Å². The molecule has 2 aromatic heterocycles. The lowest BCUT2D eigenvalue weighted by molar-refractivity contribution is 0.410. The van der Waals surface area contributed by atoms with Gasteiger partial charge < -0.3 is 10.3 Å². The molecule has 0 radical (unpaired) electrons. The molecule has 3 N–H and O–H groups in total. The molecule has 0 amide bonds. The first kappa shape index (κ1) is 8.57. The Labute approximate surface area is 79.0 Å². The van der Waals surface area contributed by atoms with Crippen molar-refractivity contribution in [3.63, 3.8) is 0 Å². The van der Waals surface area contributed by atoms with Crippen molar-refractivity contribution in [2.45, 2.75) is 0 Å². The van der Waals surface area contributed by atoms with Crippen LogP contribution in [-0.2, 0) is 0 Å². The molecule has 2 heterocycles. The van der Waals surface area contributed by atoms with Crippen LogP contribution in [0.1, 0.15) is 5.89 Å². The minimum atomic E-state index is 0.374. The van der Waals surface area contributed by atoms with Crippen molar-refractivity contribution in [1.29, 1.82) is 0 Å². The van der Waals surface area contributed by atoms with Gasteiger partial charge in [0.1, 0.15) is 6.33 Å². The van der Waals surface area contributed by atoms with Crippen molar-refractivity contribution in [2.75, 3.05) is 6.54 Å². The maximum Gasteiger partial charge on any atom is 0.250 e. The van der Waals surface area contributed by atoms with Gasteiger partial charge in [-0.15, -0.1) is 0 Å². The number of rotatable bonds is 3. The SMILES string of the molecule is NC/C=C/c1nc(-c2ncn[nH]2)no1. The average molecular weight is 192 g/mol. The number of nitrogens with one attached hydrogen (secondary N) is 1. The van der Waals surface area contributed by atoms with E-state index in [1.165, 1.54) is 6.33 Å². The third kappa shape index (κ3) is 1.67. The first-order valence-electron chi connectivity index (χ1n) is 3.96. The maximum atomic E-state index is 5.27. The molecule has 14 heavy (non-hydrogen) atoms. The zero-order valence-corrected chi connectivity index (χ0v) is 7.21.